The molecule has 10 heteroatoms. The Morgan fingerprint density at radius 2 is 1.93 bits per heavy atom. The topological polar surface area (TPSA) is 70.0 Å². The third-order valence-electron chi connectivity index (χ3n) is 7.13. The molecule has 2 aromatic carbocycles. The molecule has 0 radical (unpaired) electrons. The van der Waals surface area contributed by atoms with Crippen molar-refractivity contribution < 1.29 is 22.8 Å². The number of morpholine rings is 1. The van der Waals surface area contributed by atoms with E-state index in [0.29, 0.717) is 46.3 Å². The van der Waals surface area contributed by atoms with Crippen LogP contribution in [0.4, 0.5) is 10.1 Å². The molecule has 0 saturated carbocycles. The van der Waals surface area contributed by atoms with Gasteiger partial charge in [0, 0.05) is 43.0 Å². The van der Waals surface area contributed by atoms with Crippen molar-refractivity contribution in [3.63, 3.8) is 0 Å². The Morgan fingerprint density at radius 1 is 1.20 bits per heavy atom. The summed E-state index contributed by atoms with van der Waals surface area (Å²) in [6.45, 7) is 11.3. The zero-order chi connectivity index (χ0) is 29.0. The summed E-state index contributed by atoms with van der Waals surface area (Å²) in [5, 5.41) is 0.390. The Hall–Kier alpha value is -2.15. The van der Waals surface area contributed by atoms with Crippen LogP contribution in [0, 0.1) is 14.8 Å². The molecule has 2 heterocycles. The number of carbonyl (C=O) groups excluding carboxylic acids is 1. The maximum absolute atomic E-state index is 15.3. The van der Waals surface area contributed by atoms with E-state index in [4.69, 9.17) is 13.7 Å². The van der Waals surface area contributed by atoms with Gasteiger partial charge in [0.2, 0.25) is 5.43 Å². The first-order chi connectivity index (χ1) is 19.0. The highest BCUT2D eigenvalue weighted by Gasteiger charge is 2.29. The molecule has 1 fully saturated rings. The summed E-state index contributed by atoms with van der Waals surface area (Å²) in [5.74, 6) is -0.928. The monoisotopic (exact) mass is 682 g/mol. The highest BCUT2D eigenvalue weighted by Crippen LogP contribution is 2.34. The molecule has 1 aromatic heterocycles. The number of ether oxygens (including phenoxy) is 2. The summed E-state index contributed by atoms with van der Waals surface area (Å²) in [6, 6.07) is 9.15. The van der Waals surface area contributed by atoms with Crippen LogP contribution in [0.15, 0.2) is 41.3 Å². The first-order valence-electron chi connectivity index (χ1n) is 13.4. The van der Waals surface area contributed by atoms with Gasteiger partial charge in [-0.15, -0.1) is 0 Å². The fraction of sp³-hybridized carbons (Fsp3) is 0.467. The van der Waals surface area contributed by atoms with Crippen LogP contribution in [0.1, 0.15) is 55.2 Å². The lowest BCUT2D eigenvalue weighted by molar-refractivity contribution is 0.0523. The largest absolute Gasteiger partial charge is 0.462 e. The van der Waals surface area contributed by atoms with E-state index >= 15 is 4.39 Å². The maximum atomic E-state index is 15.3. The summed E-state index contributed by atoms with van der Waals surface area (Å²) in [4.78, 5) is 28.7. The van der Waals surface area contributed by atoms with Gasteiger partial charge in [-0.05, 0) is 82.4 Å². The summed E-state index contributed by atoms with van der Waals surface area (Å²) < 4.78 is 34.3. The minimum atomic E-state index is -0.661. The van der Waals surface area contributed by atoms with Gasteiger partial charge in [-0.25, -0.2) is 9.18 Å². The Balaban J connectivity index is 1.83. The number of carbonyl (C=O) groups is 1. The lowest BCUT2D eigenvalue weighted by Gasteiger charge is -2.33. The van der Waals surface area contributed by atoms with E-state index in [-0.39, 0.29) is 29.4 Å². The molecule has 0 unspecified atom stereocenters. The number of benzene rings is 2. The predicted octanol–water partition coefficient (Wildman–Crippen LogP) is 6.23. The second-order valence-electron chi connectivity index (χ2n) is 10.9. The number of esters is 1. The van der Waals surface area contributed by atoms with Crippen molar-refractivity contribution >= 4 is 57.2 Å². The first kappa shape index (κ1) is 30.8. The maximum Gasteiger partial charge on any atom is 0.343 e. The Kier molecular flexibility index (Phi) is 10.2. The molecule has 1 aliphatic heterocycles. The standard InChI is InChI=1S/C30H36FIN2O5S/c1-6-38-29(36)23-17-34(26(18-39-40-5)30(2,3)4)25-8-7-19(14-22(25)28(23)35)13-20-15-21(16-24(32)27(20)31)33-9-11-37-12-10-33/h7-8,14-17,26H,6,9-13,18H2,1-5H3/t26-/m1/s1. The van der Waals surface area contributed by atoms with Gasteiger partial charge in [-0.3, -0.25) is 4.79 Å². The zero-order valence-electron chi connectivity index (χ0n) is 23.6. The van der Waals surface area contributed by atoms with Crippen LogP contribution in [0.5, 0.6) is 0 Å². The van der Waals surface area contributed by atoms with E-state index in [1.165, 1.54) is 12.0 Å². The lowest BCUT2D eigenvalue weighted by atomic mass is 9.86. The number of nitrogens with zero attached hydrogens (tertiary/aromatic N) is 2. The van der Waals surface area contributed by atoms with Gasteiger partial charge in [0.15, 0.2) is 0 Å². The van der Waals surface area contributed by atoms with Gasteiger partial charge >= 0.3 is 5.97 Å². The van der Waals surface area contributed by atoms with Crippen LogP contribution in [-0.2, 0) is 20.1 Å². The van der Waals surface area contributed by atoms with Crippen LogP contribution in [0.25, 0.3) is 10.9 Å². The number of hydrogen-bond donors (Lipinski definition) is 0. The molecular formula is C30H36FIN2O5S. The van der Waals surface area contributed by atoms with Crippen molar-refractivity contribution in [2.45, 2.75) is 40.2 Å². The summed E-state index contributed by atoms with van der Waals surface area (Å²) >= 11 is 3.30. The number of rotatable bonds is 9. The van der Waals surface area contributed by atoms with E-state index in [2.05, 4.69) is 25.7 Å². The Morgan fingerprint density at radius 3 is 2.58 bits per heavy atom. The molecule has 4 rings (SSSR count). The van der Waals surface area contributed by atoms with Crippen LogP contribution < -0.4 is 10.3 Å². The number of anilines is 1. The van der Waals surface area contributed by atoms with Crippen molar-refractivity contribution in [1.82, 2.24) is 4.57 Å². The quantitative estimate of drug-likeness (QED) is 0.151. The van der Waals surface area contributed by atoms with Crippen molar-refractivity contribution in [1.29, 1.82) is 0 Å². The van der Waals surface area contributed by atoms with E-state index in [9.17, 15) is 9.59 Å². The molecule has 0 amide bonds. The highest BCUT2D eigenvalue weighted by molar-refractivity contribution is 14.1. The molecule has 1 saturated heterocycles. The van der Waals surface area contributed by atoms with E-state index in [0.717, 1.165) is 24.3 Å². The molecule has 3 aromatic rings. The minimum absolute atomic E-state index is 0.0278. The zero-order valence-corrected chi connectivity index (χ0v) is 26.6. The smallest absolute Gasteiger partial charge is 0.343 e. The van der Waals surface area contributed by atoms with Crippen LogP contribution >= 0.6 is 34.6 Å². The van der Waals surface area contributed by atoms with E-state index in [1.807, 2.05) is 57.7 Å². The summed E-state index contributed by atoms with van der Waals surface area (Å²) in [6.07, 6.45) is 3.75. The van der Waals surface area contributed by atoms with Gasteiger partial charge in [0.05, 0.1) is 41.6 Å². The normalized spacial score (nSPS) is 14.9. The molecular weight excluding hydrogens is 646 g/mol. The average Bonchev–Trinajstić information content (AvgIpc) is 2.92. The van der Waals surface area contributed by atoms with Crippen molar-refractivity contribution in [2.75, 3.05) is 50.7 Å². The summed E-state index contributed by atoms with van der Waals surface area (Å²) in [7, 11) is 0. The SMILES string of the molecule is CCOC(=O)c1cn([C@H](COSC)C(C)(C)C)c2ccc(Cc3cc(N4CCOCC4)cc(I)c3F)cc2c1=O. The number of aromatic nitrogens is 1. The van der Waals surface area contributed by atoms with Gasteiger partial charge in [0.25, 0.3) is 0 Å². The number of halogens is 2. The fourth-order valence-electron chi connectivity index (χ4n) is 4.99. The Bertz CT molecular complexity index is 1430. The van der Waals surface area contributed by atoms with Gasteiger partial charge in [0.1, 0.15) is 11.4 Å². The van der Waals surface area contributed by atoms with E-state index in [1.54, 1.807) is 19.2 Å². The third kappa shape index (κ3) is 6.83. The van der Waals surface area contributed by atoms with E-state index < -0.39 is 11.4 Å². The number of pyridine rings is 1. The van der Waals surface area contributed by atoms with Crippen molar-refractivity contribution in [3.8, 4) is 0 Å². The molecule has 216 valence electrons. The van der Waals surface area contributed by atoms with Crippen LogP contribution in [0.2, 0.25) is 0 Å². The fourth-order valence-corrected chi connectivity index (χ4v) is 5.92. The van der Waals surface area contributed by atoms with Gasteiger partial charge < -0.3 is 23.1 Å². The molecule has 40 heavy (non-hydrogen) atoms. The van der Waals surface area contributed by atoms with Crippen molar-refractivity contribution in [3.05, 3.63) is 72.8 Å². The van der Waals surface area contributed by atoms with Gasteiger partial charge in [-0.1, -0.05) is 26.8 Å². The van der Waals surface area contributed by atoms with Crippen LogP contribution in [-0.4, -0.2) is 56.3 Å². The van der Waals surface area contributed by atoms with Crippen LogP contribution in [0.3, 0.4) is 0 Å². The average molecular weight is 683 g/mol. The number of fused-ring (bicyclic) bond motifs is 1. The number of hydrogen-bond acceptors (Lipinski definition) is 7. The molecule has 1 aliphatic rings. The third-order valence-corrected chi connectivity index (χ3v) is 8.29. The second kappa shape index (κ2) is 13.2. The molecule has 0 bridgehead atoms. The van der Waals surface area contributed by atoms with Crippen molar-refractivity contribution in [2.24, 2.45) is 5.41 Å². The van der Waals surface area contributed by atoms with Gasteiger partial charge in [-0.2, -0.15) is 0 Å². The summed E-state index contributed by atoms with van der Waals surface area (Å²) in [5.41, 5.74) is 2.29. The molecule has 0 spiro atoms. The highest BCUT2D eigenvalue weighted by atomic mass is 127. The minimum Gasteiger partial charge on any atom is -0.462 e. The predicted molar refractivity (Wildman–Crippen MR) is 167 cm³/mol. The Labute approximate surface area is 252 Å². The molecule has 0 N–H and O–H groups in total. The molecule has 0 aliphatic carbocycles. The first-order valence-corrected chi connectivity index (χ1v) is 15.6. The second-order valence-corrected chi connectivity index (χ2v) is 12.6. The molecule has 1 atom stereocenters. The molecule has 7 nitrogen and oxygen atoms in total. The lowest BCUT2D eigenvalue weighted by Crippen LogP contribution is -2.36.